The summed E-state index contributed by atoms with van der Waals surface area (Å²) in [7, 11) is 0. The van der Waals surface area contributed by atoms with Crippen molar-refractivity contribution in [1.29, 1.82) is 0 Å². The molecule has 116 valence electrons. The summed E-state index contributed by atoms with van der Waals surface area (Å²) < 4.78 is 0. The van der Waals surface area contributed by atoms with E-state index in [1.807, 2.05) is 26.0 Å². The van der Waals surface area contributed by atoms with E-state index in [-0.39, 0.29) is 5.84 Å². The van der Waals surface area contributed by atoms with Crippen molar-refractivity contribution in [3.05, 3.63) is 34.9 Å². The minimum Gasteiger partial charge on any atom is -0.409 e. The fourth-order valence-electron chi connectivity index (χ4n) is 2.60. The molecule has 3 N–H and O–H groups in total. The maximum absolute atomic E-state index is 8.89. The molecule has 1 aliphatic rings. The number of oxime groups is 1. The summed E-state index contributed by atoms with van der Waals surface area (Å²) in [5.74, 6) is 0.258. The Labute approximate surface area is 131 Å². The third kappa shape index (κ3) is 3.87. The van der Waals surface area contributed by atoms with Gasteiger partial charge in [-0.15, -0.1) is 0 Å². The number of hydrogen-bond acceptors (Lipinski definition) is 4. The number of nitrogens with two attached hydrogens (primary N) is 1. The molecule has 6 heteroatoms. The lowest BCUT2D eigenvalue weighted by Gasteiger charge is -2.43. The van der Waals surface area contributed by atoms with Crippen molar-refractivity contribution in [2.24, 2.45) is 10.9 Å². The number of piperazine rings is 1. The molecule has 0 atom stereocenters. The Morgan fingerprint density at radius 2 is 1.81 bits per heavy atom. The van der Waals surface area contributed by atoms with Gasteiger partial charge >= 0.3 is 0 Å². The first kappa shape index (κ1) is 16.1. The second-order valence-electron chi connectivity index (χ2n) is 5.93. The summed E-state index contributed by atoms with van der Waals surface area (Å²) in [6, 6.07) is 7.98. The van der Waals surface area contributed by atoms with Crippen molar-refractivity contribution in [2.75, 3.05) is 26.2 Å². The molecular formula is C15H23ClN4O. The van der Waals surface area contributed by atoms with E-state index in [2.05, 4.69) is 27.1 Å². The third-order valence-corrected chi connectivity index (χ3v) is 4.47. The van der Waals surface area contributed by atoms with Gasteiger partial charge in [0.1, 0.15) is 0 Å². The van der Waals surface area contributed by atoms with Crippen LogP contribution in [0.2, 0.25) is 5.02 Å². The van der Waals surface area contributed by atoms with Crippen LogP contribution >= 0.6 is 11.6 Å². The SMILES string of the molecule is CC(C)(C(N)=NO)N1CCN(Cc2ccc(Cl)cc2)CC1. The minimum absolute atomic E-state index is 0.258. The van der Waals surface area contributed by atoms with Crippen molar-refractivity contribution >= 4 is 17.4 Å². The van der Waals surface area contributed by atoms with E-state index in [1.165, 1.54) is 5.56 Å². The highest BCUT2D eigenvalue weighted by molar-refractivity contribution is 6.30. The van der Waals surface area contributed by atoms with E-state index in [0.717, 1.165) is 37.7 Å². The van der Waals surface area contributed by atoms with Crippen LogP contribution in [0.3, 0.4) is 0 Å². The van der Waals surface area contributed by atoms with Gasteiger partial charge in [-0.2, -0.15) is 0 Å². The molecule has 1 aromatic rings. The molecule has 1 aliphatic heterocycles. The van der Waals surface area contributed by atoms with Crippen LogP contribution in [0.4, 0.5) is 0 Å². The fourth-order valence-corrected chi connectivity index (χ4v) is 2.72. The first-order valence-electron chi connectivity index (χ1n) is 7.13. The van der Waals surface area contributed by atoms with Gasteiger partial charge in [0.2, 0.25) is 0 Å². The molecule has 0 spiro atoms. The molecule has 1 saturated heterocycles. The fraction of sp³-hybridized carbons (Fsp3) is 0.533. The molecule has 0 saturated carbocycles. The van der Waals surface area contributed by atoms with Gasteiger partial charge in [0.25, 0.3) is 0 Å². The average molecular weight is 311 g/mol. The predicted octanol–water partition coefficient (Wildman–Crippen LogP) is 1.98. The zero-order chi connectivity index (χ0) is 15.5. The summed E-state index contributed by atoms with van der Waals surface area (Å²) in [5.41, 5.74) is 6.64. The van der Waals surface area contributed by atoms with Gasteiger partial charge in [0.05, 0.1) is 5.54 Å². The lowest BCUT2D eigenvalue weighted by Crippen LogP contribution is -2.59. The minimum atomic E-state index is -0.416. The highest BCUT2D eigenvalue weighted by Crippen LogP contribution is 2.19. The van der Waals surface area contributed by atoms with Crippen molar-refractivity contribution in [2.45, 2.75) is 25.9 Å². The normalized spacial score (nSPS) is 18.9. The smallest absolute Gasteiger partial charge is 0.159 e. The molecule has 0 aromatic heterocycles. The van der Waals surface area contributed by atoms with Crippen LogP contribution in [0.5, 0.6) is 0 Å². The molecule has 0 radical (unpaired) electrons. The van der Waals surface area contributed by atoms with Crippen molar-refractivity contribution in [3.63, 3.8) is 0 Å². The topological polar surface area (TPSA) is 65.1 Å². The quantitative estimate of drug-likeness (QED) is 0.386. The van der Waals surface area contributed by atoms with Gasteiger partial charge in [0, 0.05) is 37.7 Å². The maximum Gasteiger partial charge on any atom is 0.159 e. The van der Waals surface area contributed by atoms with Crippen LogP contribution in [0.15, 0.2) is 29.4 Å². The second kappa shape index (κ2) is 6.64. The molecule has 1 aromatic carbocycles. The number of nitrogens with zero attached hydrogens (tertiary/aromatic N) is 3. The van der Waals surface area contributed by atoms with Crippen LogP contribution in [0, 0.1) is 0 Å². The zero-order valence-electron chi connectivity index (χ0n) is 12.6. The summed E-state index contributed by atoms with van der Waals surface area (Å²) in [5, 5.41) is 12.8. The average Bonchev–Trinajstić information content (AvgIpc) is 2.49. The van der Waals surface area contributed by atoms with Crippen LogP contribution in [-0.4, -0.2) is 52.6 Å². The van der Waals surface area contributed by atoms with E-state index in [1.54, 1.807) is 0 Å². The molecule has 0 amide bonds. The van der Waals surface area contributed by atoms with E-state index < -0.39 is 5.54 Å². The van der Waals surface area contributed by atoms with Gasteiger partial charge in [0.15, 0.2) is 5.84 Å². The summed E-state index contributed by atoms with van der Waals surface area (Å²) in [6.07, 6.45) is 0. The Balaban J connectivity index is 1.90. The van der Waals surface area contributed by atoms with Crippen LogP contribution in [0.25, 0.3) is 0 Å². The highest BCUT2D eigenvalue weighted by atomic mass is 35.5. The maximum atomic E-state index is 8.89. The summed E-state index contributed by atoms with van der Waals surface area (Å²) in [4.78, 5) is 4.66. The number of hydrogen-bond donors (Lipinski definition) is 2. The predicted molar refractivity (Wildman–Crippen MR) is 85.8 cm³/mol. The second-order valence-corrected chi connectivity index (χ2v) is 6.37. The molecule has 0 bridgehead atoms. The molecular weight excluding hydrogens is 288 g/mol. The van der Waals surface area contributed by atoms with E-state index in [9.17, 15) is 0 Å². The molecule has 2 rings (SSSR count). The molecule has 1 heterocycles. The number of amidine groups is 1. The highest BCUT2D eigenvalue weighted by Gasteiger charge is 2.33. The van der Waals surface area contributed by atoms with Gasteiger partial charge in [-0.05, 0) is 31.5 Å². The van der Waals surface area contributed by atoms with Gasteiger partial charge in [-0.1, -0.05) is 28.9 Å². The van der Waals surface area contributed by atoms with Crippen molar-refractivity contribution in [3.8, 4) is 0 Å². The first-order chi connectivity index (χ1) is 9.93. The molecule has 1 fully saturated rings. The van der Waals surface area contributed by atoms with E-state index >= 15 is 0 Å². The van der Waals surface area contributed by atoms with Gasteiger partial charge in [-0.3, -0.25) is 9.80 Å². The zero-order valence-corrected chi connectivity index (χ0v) is 13.3. The number of halogens is 1. The standard InChI is InChI=1S/C15H23ClN4O/c1-15(2,14(17)18-21)20-9-7-19(8-10-20)11-12-3-5-13(16)6-4-12/h3-6,21H,7-11H2,1-2H3,(H2,17,18). The number of rotatable bonds is 4. The largest absolute Gasteiger partial charge is 0.409 e. The van der Waals surface area contributed by atoms with E-state index in [0.29, 0.717) is 0 Å². The van der Waals surface area contributed by atoms with Crippen molar-refractivity contribution < 1.29 is 5.21 Å². The molecule has 0 unspecified atom stereocenters. The first-order valence-corrected chi connectivity index (χ1v) is 7.51. The van der Waals surface area contributed by atoms with Gasteiger partial charge < -0.3 is 10.9 Å². The van der Waals surface area contributed by atoms with Crippen LogP contribution in [0.1, 0.15) is 19.4 Å². The molecule has 21 heavy (non-hydrogen) atoms. The Kier molecular flexibility index (Phi) is 5.08. The Bertz CT molecular complexity index is 493. The van der Waals surface area contributed by atoms with Crippen LogP contribution in [-0.2, 0) is 6.54 Å². The lowest BCUT2D eigenvalue weighted by molar-refractivity contribution is 0.0794. The Hall–Kier alpha value is -1.30. The number of benzene rings is 1. The monoisotopic (exact) mass is 310 g/mol. The lowest BCUT2D eigenvalue weighted by atomic mass is 10.00. The Morgan fingerprint density at radius 1 is 1.24 bits per heavy atom. The third-order valence-electron chi connectivity index (χ3n) is 4.22. The summed E-state index contributed by atoms with van der Waals surface area (Å²) in [6.45, 7) is 8.62. The van der Waals surface area contributed by atoms with Gasteiger partial charge in [-0.25, -0.2) is 0 Å². The molecule has 0 aliphatic carbocycles. The van der Waals surface area contributed by atoms with Crippen molar-refractivity contribution in [1.82, 2.24) is 9.80 Å². The van der Waals surface area contributed by atoms with E-state index in [4.69, 9.17) is 22.5 Å². The summed E-state index contributed by atoms with van der Waals surface area (Å²) >= 11 is 5.90. The van der Waals surface area contributed by atoms with Crippen LogP contribution < -0.4 is 5.73 Å². The molecule has 5 nitrogen and oxygen atoms in total. The Morgan fingerprint density at radius 3 is 2.33 bits per heavy atom.